The zero-order chi connectivity index (χ0) is 14.0. The molecule has 0 radical (unpaired) electrons. The summed E-state index contributed by atoms with van der Waals surface area (Å²) >= 11 is 8.96. The van der Waals surface area contributed by atoms with E-state index in [2.05, 4.69) is 20.7 Å². The van der Waals surface area contributed by atoms with Crippen LogP contribution in [0.3, 0.4) is 0 Å². The molecule has 2 rings (SSSR count). The van der Waals surface area contributed by atoms with Gasteiger partial charge in [-0.1, -0.05) is 11.6 Å². The Balaban J connectivity index is 2.25. The van der Waals surface area contributed by atoms with E-state index in [-0.39, 0.29) is 15.2 Å². The summed E-state index contributed by atoms with van der Waals surface area (Å²) in [5, 5.41) is -0.503. The van der Waals surface area contributed by atoms with Crippen LogP contribution in [0.25, 0.3) is 0 Å². The Labute approximate surface area is 124 Å². The summed E-state index contributed by atoms with van der Waals surface area (Å²) in [4.78, 5) is 0. The molecule has 1 aromatic carbocycles. The van der Waals surface area contributed by atoms with Gasteiger partial charge in [-0.05, 0) is 40.9 Å². The van der Waals surface area contributed by atoms with Crippen LogP contribution in [-0.4, -0.2) is 26.9 Å². The van der Waals surface area contributed by atoms with Crippen molar-refractivity contribution in [1.29, 1.82) is 0 Å². The summed E-state index contributed by atoms with van der Waals surface area (Å²) in [7, 11) is -3.56. The monoisotopic (exact) mass is 371 g/mol. The van der Waals surface area contributed by atoms with Crippen molar-refractivity contribution in [2.24, 2.45) is 0 Å². The lowest BCUT2D eigenvalue weighted by molar-refractivity contribution is 0.0984. The molecule has 1 N–H and O–H groups in total. The highest BCUT2D eigenvalue weighted by molar-refractivity contribution is 9.10. The molecule has 0 aliphatic carbocycles. The van der Waals surface area contributed by atoms with Crippen LogP contribution in [0.15, 0.2) is 16.6 Å². The molecule has 0 aromatic heterocycles. The van der Waals surface area contributed by atoms with E-state index in [0.717, 1.165) is 12.1 Å². The Morgan fingerprint density at radius 1 is 1.37 bits per heavy atom. The zero-order valence-corrected chi connectivity index (χ0v) is 13.0. The first-order valence-electron chi connectivity index (χ1n) is 5.64. The van der Waals surface area contributed by atoms with E-state index in [0.29, 0.717) is 26.1 Å². The standard InChI is InChI=1S/C11H12BrClFNO3S/c12-9-5-7(14)6-10(13)11(9)15-19(16,17)8-1-3-18-4-2-8/h5-6,8,15H,1-4H2. The van der Waals surface area contributed by atoms with Crippen LogP contribution in [0.2, 0.25) is 5.02 Å². The zero-order valence-electron chi connectivity index (χ0n) is 9.83. The van der Waals surface area contributed by atoms with Gasteiger partial charge in [0.15, 0.2) is 0 Å². The number of rotatable bonds is 3. The van der Waals surface area contributed by atoms with Gasteiger partial charge in [-0.3, -0.25) is 4.72 Å². The summed E-state index contributed by atoms with van der Waals surface area (Å²) in [6, 6.07) is 2.22. The molecule has 0 saturated carbocycles. The van der Waals surface area contributed by atoms with E-state index in [4.69, 9.17) is 16.3 Å². The van der Waals surface area contributed by atoms with Crippen molar-refractivity contribution in [3.63, 3.8) is 0 Å². The van der Waals surface area contributed by atoms with E-state index in [1.54, 1.807) is 0 Å². The fourth-order valence-corrected chi connectivity index (χ4v) is 4.42. The van der Waals surface area contributed by atoms with Crippen LogP contribution < -0.4 is 4.72 Å². The smallest absolute Gasteiger partial charge is 0.235 e. The van der Waals surface area contributed by atoms with Crippen LogP contribution in [-0.2, 0) is 14.8 Å². The van der Waals surface area contributed by atoms with E-state index < -0.39 is 21.1 Å². The normalized spacial score (nSPS) is 17.4. The van der Waals surface area contributed by atoms with Crippen LogP contribution >= 0.6 is 27.5 Å². The molecule has 4 nitrogen and oxygen atoms in total. The third-order valence-corrected chi connectivity index (χ3v) is 5.62. The van der Waals surface area contributed by atoms with Crippen molar-refractivity contribution in [3.8, 4) is 0 Å². The Hall–Kier alpha value is -0.370. The number of ether oxygens (including phenoxy) is 1. The van der Waals surface area contributed by atoms with E-state index in [1.807, 2.05) is 0 Å². The van der Waals surface area contributed by atoms with Crippen LogP contribution in [0, 0.1) is 5.82 Å². The third-order valence-electron chi connectivity index (χ3n) is 2.86. The molecule has 1 aromatic rings. The molecule has 8 heteroatoms. The highest BCUT2D eigenvalue weighted by atomic mass is 79.9. The van der Waals surface area contributed by atoms with Crippen molar-refractivity contribution in [1.82, 2.24) is 0 Å². The Kier molecular flexibility index (Phi) is 4.70. The molecular weight excluding hydrogens is 361 g/mol. The van der Waals surface area contributed by atoms with Crippen molar-refractivity contribution >= 4 is 43.2 Å². The van der Waals surface area contributed by atoms with Gasteiger partial charge in [0, 0.05) is 17.7 Å². The fraction of sp³-hybridized carbons (Fsp3) is 0.455. The van der Waals surface area contributed by atoms with Gasteiger partial charge in [0.25, 0.3) is 0 Å². The number of hydrogen-bond acceptors (Lipinski definition) is 3. The average molecular weight is 373 g/mol. The molecule has 0 bridgehead atoms. The van der Waals surface area contributed by atoms with Crippen molar-refractivity contribution in [3.05, 3.63) is 27.4 Å². The first-order valence-corrected chi connectivity index (χ1v) is 8.36. The van der Waals surface area contributed by atoms with Crippen molar-refractivity contribution in [2.45, 2.75) is 18.1 Å². The molecule has 1 heterocycles. The molecule has 0 atom stereocenters. The highest BCUT2D eigenvalue weighted by Gasteiger charge is 2.28. The SMILES string of the molecule is O=S(=O)(Nc1c(Cl)cc(F)cc1Br)C1CCOCC1. The molecule has 0 unspecified atom stereocenters. The minimum atomic E-state index is -3.56. The van der Waals surface area contributed by atoms with Crippen LogP contribution in [0.5, 0.6) is 0 Å². The van der Waals surface area contributed by atoms with Gasteiger partial charge in [0.2, 0.25) is 10.0 Å². The summed E-state index contributed by atoms with van der Waals surface area (Å²) in [6.07, 6.45) is 0.873. The summed E-state index contributed by atoms with van der Waals surface area (Å²) in [5.41, 5.74) is 0.162. The minimum absolute atomic E-state index is 0.0162. The highest BCUT2D eigenvalue weighted by Crippen LogP contribution is 2.33. The van der Waals surface area contributed by atoms with Gasteiger partial charge < -0.3 is 4.74 Å². The molecule has 1 aliphatic rings. The van der Waals surface area contributed by atoms with Crippen molar-refractivity contribution < 1.29 is 17.5 Å². The Bertz CT molecular complexity index is 552. The summed E-state index contributed by atoms with van der Waals surface area (Å²) in [6.45, 7) is 0.841. The minimum Gasteiger partial charge on any atom is -0.381 e. The molecule has 0 spiro atoms. The average Bonchev–Trinajstić information content (AvgIpc) is 2.35. The Morgan fingerprint density at radius 2 is 2.00 bits per heavy atom. The van der Waals surface area contributed by atoms with Crippen molar-refractivity contribution in [2.75, 3.05) is 17.9 Å². The molecule has 0 amide bonds. The first-order chi connectivity index (χ1) is 8.90. The summed E-state index contributed by atoms with van der Waals surface area (Å²) < 4.78 is 45.3. The number of halogens is 3. The van der Waals surface area contributed by atoms with E-state index in [9.17, 15) is 12.8 Å². The molecule has 1 fully saturated rings. The largest absolute Gasteiger partial charge is 0.381 e. The number of nitrogens with one attached hydrogen (secondary N) is 1. The topological polar surface area (TPSA) is 55.4 Å². The molecular formula is C11H12BrClFNO3S. The van der Waals surface area contributed by atoms with Gasteiger partial charge in [-0.25, -0.2) is 12.8 Å². The number of hydrogen-bond donors (Lipinski definition) is 1. The van der Waals surface area contributed by atoms with E-state index >= 15 is 0 Å². The second-order valence-electron chi connectivity index (χ2n) is 4.20. The third kappa shape index (κ3) is 3.59. The number of anilines is 1. The maximum atomic E-state index is 13.1. The lowest BCUT2D eigenvalue weighted by Gasteiger charge is -2.23. The predicted molar refractivity (Wildman–Crippen MR) is 75.5 cm³/mol. The lowest BCUT2D eigenvalue weighted by atomic mass is 10.2. The number of sulfonamides is 1. The van der Waals surface area contributed by atoms with Crippen LogP contribution in [0.1, 0.15) is 12.8 Å². The number of benzene rings is 1. The second kappa shape index (κ2) is 5.95. The molecule has 106 valence electrons. The maximum absolute atomic E-state index is 13.1. The molecule has 1 saturated heterocycles. The Morgan fingerprint density at radius 3 is 2.58 bits per heavy atom. The van der Waals surface area contributed by atoms with Gasteiger partial charge >= 0.3 is 0 Å². The quantitative estimate of drug-likeness (QED) is 0.887. The summed E-state index contributed by atoms with van der Waals surface area (Å²) in [5.74, 6) is -0.536. The van der Waals surface area contributed by atoms with E-state index in [1.165, 1.54) is 0 Å². The molecule has 1 aliphatic heterocycles. The maximum Gasteiger partial charge on any atom is 0.235 e. The van der Waals surface area contributed by atoms with Gasteiger partial charge in [0.1, 0.15) is 5.82 Å². The lowest BCUT2D eigenvalue weighted by Crippen LogP contribution is -2.33. The van der Waals surface area contributed by atoms with Crippen LogP contribution in [0.4, 0.5) is 10.1 Å². The first kappa shape index (κ1) is 15.0. The predicted octanol–water partition coefficient (Wildman–Crippen LogP) is 3.16. The van der Waals surface area contributed by atoms with Gasteiger partial charge in [-0.2, -0.15) is 0 Å². The second-order valence-corrected chi connectivity index (χ2v) is 7.43. The fourth-order valence-electron chi connectivity index (χ4n) is 1.85. The molecule has 19 heavy (non-hydrogen) atoms. The van der Waals surface area contributed by atoms with Gasteiger partial charge in [-0.15, -0.1) is 0 Å². The van der Waals surface area contributed by atoms with Gasteiger partial charge in [0.05, 0.1) is 16.0 Å².